The zero-order valence-corrected chi connectivity index (χ0v) is 20.4. The first-order chi connectivity index (χ1) is 17.4. The fraction of sp³-hybridized carbons (Fsp3) is 0.207. The summed E-state index contributed by atoms with van der Waals surface area (Å²) >= 11 is 0. The highest BCUT2D eigenvalue weighted by Gasteiger charge is 2.43. The van der Waals surface area contributed by atoms with E-state index in [1.165, 1.54) is 0 Å². The molecule has 7 heteroatoms. The first-order valence-corrected chi connectivity index (χ1v) is 11.6. The number of methoxy groups -OCH3 is 1. The van der Waals surface area contributed by atoms with Gasteiger partial charge in [-0.25, -0.2) is 0 Å². The fourth-order valence-corrected chi connectivity index (χ4v) is 4.83. The van der Waals surface area contributed by atoms with Crippen LogP contribution < -0.4 is 14.9 Å². The molecular formula is C29H26N2O5. The van der Waals surface area contributed by atoms with Gasteiger partial charge in [-0.3, -0.25) is 14.6 Å². The Morgan fingerprint density at radius 2 is 1.97 bits per heavy atom. The zero-order valence-electron chi connectivity index (χ0n) is 20.4. The Labute approximate surface area is 208 Å². The van der Waals surface area contributed by atoms with Gasteiger partial charge in [0.05, 0.1) is 24.1 Å². The van der Waals surface area contributed by atoms with Crippen molar-refractivity contribution in [3.63, 3.8) is 0 Å². The third-order valence-electron chi connectivity index (χ3n) is 6.35. The number of aryl methyl sites for hydroxylation is 2. The molecule has 7 nitrogen and oxygen atoms in total. The Morgan fingerprint density at radius 1 is 1.14 bits per heavy atom. The average Bonchev–Trinajstić information content (AvgIpc) is 3.14. The Hall–Kier alpha value is -4.39. The number of benzene rings is 2. The van der Waals surface area contributed by atoms with Crippen LogP contribution in [0.3, 0.4) is 0 Å². The molecule has 4 aromatic rings. The van der Waals surface area contributed by atoms with E-state index in [-0.39, 0.29) is 23.6 Å². The van der Waals surface area contributed by atoms with Crippen molar-refractivity contribution in [1.29, 1.82) is 0 Å². The molecule has 36 heavy (non-hydrogen) atoms. The molecule has 1 unspecified atom stereocenters. The summed E-state index contributed by atoms with van der Waals surface area (Å²) in [7, 11) is 1.55. The van der Waals surface area contributed by atoms with E-state index in [2.05, 4.69) is 11.6 Å². The van der Waals surface area contributed by atoms with Gasteiger partial charge in [-0.05, 0) is 60.4 Å². The van der Waals surface area contributed by atoms with Gasteiger partial charge in [-0.1, -0.05) is 30.9 Å². The second-order valence-electron chi connectivity index (χ2n) is 8.84. The van der Waals surface area contributed by atoms with E-state index in [0.717, 1.165) is 16.7 Å². The van der Waals surface area contributed by atoms with Crippen LogP contribution in [0.4, 0.5) is 0 Å². The van der Waals surface area contributed by atoms with Crippen LogP contribution in [0.2, 0.25) is 0 Å². The maximum Gasteiger partial charge on any atom is 0.291 e. The number of pyridine rings is 1. The largest absolute Gasteiger partial charge is 0.493 e. The Bertz CT molecular complexity index is 1540. The van der Waals surface area contributed by atoms with Crippen molar-refractivity contribution < 1.29 is 18.7 Å². The quantitative estimate of drug-likeness (QED) is 0.340. The summed E-state index contributed by atoms with van der Waals surface area (Å²) in [4.78, 5) is 33.5. The monoisotopic (exact) mass is 482 g/mol. The minimum atomic E-state index is -0.670. The summed E-state index contributed by atoms with van der Waals surface area (Å²) in [5, 5.41) is 0.485. The third-order valence-corrected chi connectivity index (χ3v) is 6.35. The van der Waals surface area contributed by atoms with E-state index >= 15 is 0 Å². The molecule has 1 aliphatic rings. The average molecular weight is 483 g/mol. The Kier molecular flexibility index (Phi) is 6.06. The van der Waals surface area contributed by atoms with E-state index in [1.807, 2.05) is 38.1 Å². The van der Waals surface area contributed by atoms with Crippen LogP contribution in [0.5, 0.6) is 11.5 Å². The molecule has 5 rings (SSSR count). The molecule has 0 fully saturated rings. The predicted octanol–water partition coefficient (Wildman–Crippen LogP) is 5.12. The van der Waals surface area contributed by atoms with Crippen molar-refractivity contribution in [2.45, 2.75) is 26.4 Å². The summed E-state index contributed by atoms with van der Waals surface area (Å²) in [5.74, 6) is 0.759. The third kappa shape index (κ3) is 3.92. The normalized spacial score (nSPS) is 14.7. The highest BCUT2D eigenvalue weighted by molar-refractivity contribution is 5.99. The molecule has 0 bridgehead atoms. The number of aromatic nitrogens is 1. The second-order valence-corrected chi connectivity index (χ2v) is 8.84. The number of hydrogen-bond acceptors (Lipinski definition) is 6. The van der Waals surface area contributed by atoms with Crippen molar-refractivity contribution in [3.8, 4) is 11.5 Å². The van der Waals surface area contributed by atoms with Crippen LogP contribution in [-0.4, -0.2) is 29.5 Å². The molecule has 2 aromatic heterocycles. The number of nitrogens with zero attached hydrogens (tertiary/aromatic N) is 2. The lowest BCUT2D eigenvalue weighted by Crippen LogP contribution is -2.29. The lowest BCUT2D eigenvalue weighted by molar-refractivity contribution is 0.0714. The van der Waals surface area contributed by atoms with Crippen LogP contribution in [0.1, 0.15) is 44.4 Å². The van der Waals surface area contributed by atoms with Crippen molar-refractivity contribution in [3.05, 3.63) is 111 Å². The maximum atomic E-state index is 13.9. The molecule has 0 saturated carbocycles. The fourth-order valence-electron chi connectivity index (χ4n) is 4.83. The zero-order chi connectivity index (χ0) is 25.4. The molecule has 3 heterocycles. The van der Waals surface area contributed by atoms with Gasteiger partial charge in [0, 0.05) is 18.9 Å². The van der Waals surface area contributed by atoms with E-state index in [0.29, 0.717) is 40.2 Å². The first-order valence-electron chi connectivity index (χ1n) is 11.6. The van der Waals surface area contributed by atoms with Gasteiger partial charge in [-0.15, -0.1) is 0 Å². The predicted molar refractivity (Wildman–Crippen MR) is 137 cm³/mol. The summed E-state index contributed by atoms with van der Waals surface area (Å²) in [6, 6.07) is 12.2. The van der Waals surface area contributed by atoms with Crippen LogP contribution in [0.15, 0.2) is 76.7 Å². The van der Waals surface area contributed by atoms with Gasteiger partial charge in [-0.2, -0.15) is 0 Å². The van der Waals surface area contributed by atoms with Gasteiger partial charge < -0.3 is 18.8 Å². The van der Waals surface area contributed by atoms with Crippen LogP contribution in [-0.2, 0) is 6.54 Å². The molecular weight excluding hydrogens is 456 g/mol. The summed E-state index contributed by atoms with van der Waals surface area (Å²) in [6.45, 7) is 8.07. The SMILES string of the molecule is C=CCOc1ccc(C2c3c(oc4cc(C)cc(C)c4c3=O)C(=O)N2Cc2cccnc2)cc1OC. The van der Waals surface area contributed by atoms with Crippen molar-refractivity contribution in [2.75, 3.05) is 13.7 Å². The highest BCUT2D eigenvalue weighted by Crippen LogP contribution is 2.42. The standard InChI is InChI=1S/C29H26N2O5/c1-5-11-35-21-9-8-20(14-22(21)34-4)26-25-27(32)24-18(3)12-17(2)13-23(24)36-28(25)29(33)31(26)16-19-7-6-10-30-15-19/h5-10,12-15,26H,1,11,16H2,2-4H3. The Balaban J connectivity index is 1.72. The lowest BCUT2D eigenvalue weighted by Gasteiger charge is -2.26. The number of fused-ring (bicyclic) bond motifs is 2. The van der Waals surface area contributed by atoms with Crippen molar-refractivity contribution >= 4 is 16.9 Å². The summed E-state index contributed by atoms with van der Waals surface area (Å²) < 4.78 is 17.4. The van der Waals surface area contributed by atoms with E-state index in [1.54, 1.807) is 48.7 Å². The van der Waals surface area contributed by atoms with Crippen molar-refractivity contribution in [2.24, 2.45) is 0 Å². The first kappa shape index (κ1) is 23.4. The van der Waals surface area contributed by atoms with Crippen LogP contribution in [0, 0.1) is 13.8 Å². The van der Waals surface area contributed by atoms with Crippen LogP contribution in [0.25, 0.3) is 11.0 Å². The van der Waals surface area contributed by atoms with E-state index in [9.17, 15) is 9.59 Å². The summed E-state index contributed by atoms with van der Waals surface area (Å²) in [6.07, 6.45) is 5.03. The van der Waals surface area contributed by atoms with E-state index in [4.69, 9.17) is 13.9 Å². The molecule has 0 spiro atoms. The molecule has 0 N–H and O–H groups in total. The summed E-state index contributed by atoms with van der Waals surface area (Å²) in [5.41, 5.74) is 3.85. The van der Waals surface area contributed by atoms with Crippen LogP contribution >= 0.6 is 0 Å². The highest BCUT2D eigenvalue weighted by atomic mass is 16.5. The molecule has 1 amide bonds. The molecule has 2 aromatic carbocycles. The van der Waals surface area contributed by atoms with Gasteiger partial charge in [0.25, 0.3) is 5.91 Å². The number of rotatable bonds is 7. The van der Waals surface area contributed by atoms with Gasteiger partial charge in [0.1, 0.15) is 12.2 Å². The topological polar surface area (TPSA) is 81.9 Å². The number of carbonyl (C=O) groups excluding carboxylic acids is 1. The maximum absolute atomic E-state index is 13.9. The van der Waals surface area contributed by atoms with Gasteiger partial charge >= 0.3 is 0 Å². The number of carbonyl (C=O) groups is 1. The Morgan fingerprint density at radius 3 is 2.69 bits per heavy atom. The second kappa shape index (κ2) is 9.34. The molecule has 0 radical (unpaired) electrons. The van der Waals surface area contributed by atoms with Gasteiger partial charge in [0.2, 0.25) is 5.76 Å². The molecule has 1 aliphatic heterocycles. The molecule has 0 saturated heterocycles. The lowest BCUT2D eigenvalue weighted by atomic mass is 9.96. The minimum Gasteiger partial charge on any atom is -0.493 e. The van der Waals surface area contributed by atoms with E-state index < -0.39 is 6.04 Å². The number of ether oxygens (including phenoxy) is 2. The molecule has 0 aliphatic carbocycles. The number of amides is 1. The molecule has 1 atom stereocenters. The smallest absolute Gasteiger partial charge is 0.291 e. The molecule has 182 valence electrons. The minimum absolute atomic E-state index is 0.0670. The number of hydrogen-bond donors (Lipinski definition) is 0. The van der Waals surface area contributed by atoms with Gasteiger partial charge in [0.15, 0.2) is 16.9 Å². The van der Waals surface area contributed by atoms with Crippen molar-refractivity contribution in [1.82, 2.24) is 9.88 Å².